The van der Waals surface area contributed by atoms with Gasteiger partial charge in [0.1, 0.15) is 0 Å². The third-order valence-corrected chi connectivity index (χ3v) is 4.66. The molecule has 1 heterocycles. The van der Waals surface area contributed by atoms with Crippen LogP contribution < -0.4 is 20.1 Å². The van der Waals surface area contributed by atoms with E-state index in [1.165, 1.54) is 5.56 Å². The van der Waals surface area contributed by atoms with Gasteiger partial charge in [-0.15, -0.1) is 0 Å². The van der Waals surface area contributed by atoms with Crippen LogP contribution in [0.2, 0.25) is 0 Å². The average Bonchev–Trinajstić information content (AvgIpc) is 2.90. The van der Waals surface area contributed by atoms with Crippen molar-refractivity contribution in [1.29, 1.82) is 0 Å². The van der Waals surface area contributed by atoms with Gasteiger partial charge < -0.3 is 20.1 Å². The number of rotatable bonds is 5. The van der Waals surface area contributed by atoms with Gasteiger partial charge in [-0.05, 0) is 36.1 Å². The number of fused-ring (bicyclic) bond motifs is 1. The second-order valence-electron chi connectivity index (χ2n) is 7.29. The molecule has 0 aliphatic carbocycles. The zero-order chi connectivity index (χ0) is 19.2. The molecule has 144 valence electrons. The van der Waals surface area contributed by atoms with Crippen molar-refractivity contribution < 1.29 is 14.3 Å². The molecular formula is C22H28N2O3. The zero-order valence-corrected chi connectivity index (χ0v) is 16.2. The third kappa shape index (κ3) is 5.16. The Labute approximate surface area is 161 Å². The normalized spacial score (nSPS) is 14.4. The Balaban J connectivity index is 1.65. The second-order valence-corrected chi connectivity index (χ2v) is 7.29. The lowest BCUT2D eigenvalue weighted by Gasteiger charge is -2.24. The molecule has 27 heavy (non-hydrogen) atoms. The Morgan fingerprint density at radius 1 is 1.04 bits per heavy atom. The molecule has 0 saturated carbocycles. The van der Waals surface area contributed by atoms with Crippen LogP contribution >= 0.6 is 0 Å². The van der Waals surface area contributed by atoms with Crippen molar-refractivity contribution in [1.82, 2.24) is 10.6 Å². The van der Waals surface area contributed by atoms with E-state index < -0.39 is 0 Å². The molecule has 2 amide bonds. The number of ether oxygens (including phenoxy) is 2. The van der Waals surface area contributed by atoms with Crippen LogP contribution in [-0.4, -0.2) is 19.2 Å². The predicted molar refractivity (Wildman–Crippen MR) is 106 cm³/mol. The van der Waals surface area contributed by atoms with E-state index in [2.05, 4.69) is 24.5 Å². The van der Waals surface area contributed by atoms with Crippen molar-refractivity contribution in [3.8, 4) is 11.5 Å². The lowest BCUT2D eigenvalue weighted by Crippen LogP contribution is -2.39. The van der Waals surface area contributed by atoms with Crippen LogP contribution in [0.25, 0.3) is 0 Å². The van der Waals surface area contributed by atoms with Crippen LogP contribution in [0.15, 0.2) is 42.5 Å². The van der Waals surface area contributed by atoms with Gasteiger partial charge in [-0.2, -0.15) is 0 Å². The number of carbonyl (C=O) groups excluding carboxylic acids is 1. The maximum absolute atomic E-state index is 12.4. The minimum absolute atomic E-state index is 0.111. The number of benzene rings is 2. The molecule has 2 aromatic carbocycles. The Morgan fingerprint density at radius 3 is 2.44 bits per heavy atom. The van der Waals surface area contributed by atoms with Gasteiger partial charge in [-0.3, -0.25) is 0 Å². The molecule has 0 fully saturated rings. The highest BCUT2D eigenvalue weighted by molar-refractivity contribution is 5.74. The van der Waals surface area contributed by atoms with Crippen molar-refractivity contribution in [3.63, 3.8) is 0 Å². The van der Waals surface area contributed by atoms with Gasteiger partial charge in [0.2, 0.25) is 0 Å². The molecule has 0 aromatic heterocycles. The molecule has 1 aliphatic heterocycles. The summed E-state index contributed by atoms with van der Waals surface area (Å²) in [4.78, 5) is 12.4. The standard InChI is InChI=1S/C22H28N2O3/c1-15(2)21(18-9-10-19-20(13-18)27-12-4-11-26-19)24-22(25)23-14-17-7-5-16(3)6-8-17/h5-10,13,15,21H,4,11-12,14H2,1-3H3,(H2,23,24,25). The number of urea groups is 1. The van der Waals surface area contributed by atoms with Crippen molar-refractivity contribution in [2.45, 2.75) is 39.8 Å². The SMILES string of the molecule is Cc1ccc(CNC(=O)NC(c2ccc3c(c2)OCCCO3)C(C)C)cc1. The summed E-state index contributed by atoms with van der Waals surface area (Å²) in [7, 11) is 0. The van der Waals surface area contributed by atoms with E-state index >= 15 is 0 Å². The van der Waals surface area contributed by atoms with Crippen molar-refractivity contribution >= 4 is 6.03 Å². The first-order chi connectivity index (χ1) is 13.0. The topological polar surface area (TPSA) is 59.6 Å². The monoisotopic (exact) mass is 368 g/mol. The van der Waals surface area contributed by atoms with E-state index in [-0.39, 0.29) is 18.0 Å². The smallest absolute Gasteiger partial charge is 0.315 e. The van der Waals surface area contributed by atoms with Gasteiger partial charge in [0.15, 0.2) is 11.5 Å². The minimum Gasteiger partial charge on any atom is -0.490 e. The lowest BCUT2D eigenvalue weighted by molar-refractivity contribution is 0.232. The molecule has 5 heteroatoms. The highest BCUT2D eigenvalue weighted by Crippen LogP contribution is 2.34. The van der Waals surface area contributed by atoms with E-state index in [4.69, 9.17) is 9.47 Å². The van der Waals surface area contributed by atoms with Gasteiger partial charge >= 0.3 is 6.03 Å². The van der Waals surface area contributed by atoms with Crippen LogP contribution in [0.3, 0.4) is 0 Å². The number of hydrogen-bond donors (Lipinski definition) is 2. The van der Waals surface area contributed by atoms with Gasteiger partial charge in [0.05, 0.1) is 19.3 Å². The molecule has 0 radical (unpaired) electrons. The van der Waals surface area contributed by atoms with Gasteiger partial charge in [0, 0.05) is 13.0 Å². The molecule has 1 unspecified atom stereocenters. The van der Waals surface area contributed by atoms with Crippen molar-refractivity contribution in [3.05, 3.63) is 59.2 Å². The Kier molecular flexibility index (Phi) is 6.22. The van der Waals surface area contributed by atoms with Crippen LogP contribution in [0, 0.1) is 12.8 Å². The lowest BCUT2D eigenvalue weighted by atomic mass is 9.96. The van der Waals surface area contributed by atoms with Crippen molar-refractivity contribution in [2.24, 2.45) is 5.92 Å². The Morgan fingerprint density at radius 2 is 1.74 bits per heavy atom. The highest BCUT2D eigenvalue weighted by atomic mass is 16.5. The number of amides is 2. The van der Waals surface area contributed by atoms with Gasteiger partial charge in [-0.1, -0.05) is 49.7 Å². The summed E-state index contributed by atoms with van der Waals surface area (Å²) in [5, 5.41) is 6.03. The van der Waals surface area contributed by atoms with Crippen LogP contribution in [0.5, 0.6) is 11.5 Å². The summed E-state index contributed by atoms with van der Waals surface area (Å²) in [5.74, 6) is 1.75. The first-order valence-electron chi connectivity index (χ1n) is 9.52. The maximum atomic E-state index is 12.4. The second kappa shape index (κ2) is 8.80. The maximum Gasteiger partial charge on any atom is 0.315 e. The fourth-order valence-electron chi connectivity index (χ4n) is 3.09. The molecular weight excluding hydrogens is 340 g/mol. The third-order valence-electron chi connectivity index (χ3n) is 4.66. The summed E-state index contributed by atoms with van der Waals surface area (Å²) >= 11 is 0. The summed E-state index contributed by atoms with van der Waals surface area (Å²) in [6.45, 7) is 8.04. The molecule has 2 N–H and O–H groups in total. The van der Waals surface area contributed by atoms with E-state index in [0.717, 1.165) is 29.0 Å². The number of aryl methyl sites for hydroxylation is 1. The summed E-state index contributed by atoms with van der Waals surface area (Å²) in [6, 6.07) is 13.8. The number of hydrogen-bond acceptors (Lipinski definition) is 3. The molecule has 3 rings (SSSR count). The predicted octanol–water partition coefficient (Wildman–Crippen LogP) is 4.35. The quantitative estimate of drug-likeness (QED) is 0.825. The van der Waals surface area contributed by atoms with Crippen LogP contribution in [0.1, 0.15) is 43.0 Å². The molecule has 0 saturated heterocycles. The van der Waals surface area contributed by atoms with Gasteiger partial charge in [-0.25, -0.2) is 4.79 Å². The fraction of sp³-hybridized carbons (Fsp3) is 0.409. The van der Waals surface area contributed by atoms with Crippen LogP contribution in [0.4, 0.5) is 4.79 Å². The minimum atomic E-state index is -0.179. The summed E-state index contributed by atoms with van der Waals surface area (Å²) < 4.78 is 11.5. The molecule has 0 bridgehead atoms. The first-order valence-corrected chi connectivity index (χ1v) is 9.52. The molecule has 5 nitrogen and oxygen atoms in total. The average molecular weight is 368 g/mol. The molecule has 1 aliphatic rings. The molecule has 1 atom stereocenters. The Bertz CT molecular complexity index is 772. The van der Waals surface area contributed by atoms with Crippen molar-refractivity contribution in [2.75, 3.05) is 13.2 Å². The van der Waals surface area contributed by atoms with E-state index in [1.54, 1.807) is 0 Å². The van der Waals surface area contributed by atoms with E-state index in [1.807, 2.05) is 49.4 Å². The van der Waals surface area contributed by atoms with Gasteiger partial charge in [0.25, 0.3) is 0 Å². The van der Waals surface area contributed by atoms with E-state index in [0.29, 0.717) is 19.8 Å². The van der Waals surface area contributed by atoms with Crippen LogP contribution in [-0.2, 0) is 6.54 Å². The number of nitrogens with one attached hydrogen (secondary N) is 2. The summed E-state index contributed by atoms with van der Waals surface area (Å²) in [5.41, 5.74) is 3.30. The molecule has 0 spiro atoms. The zero-order valence-electron chi connectivity index (χ0n) is 16.2. The Hall–Kier alpha value is -2.69. The largest absolute Gasteiger partial charge is 0.490 e. The van der Waals surface area contributed by atoms with E-state index in [9.17, 15) is 4.79 Å². The number of carbonyl (C=O) groups is 1. The fourth-order valence-corrected chi connectivity index (χ4v) is 3.09. The first kappa shape index (κ1) is 19.1. The highest BCUT2D eigenvalue weighted by Gasteiger charge is 2.21. The molecule has 2 aromatic rings. The summed E-state index contributed by atoms with van der Waals surface area (Å²) in [6.07, 6.45) is 0.872.